The van der Waals surface area contributed by atoms with Gasteiger partial charge in [-0.2, -0.15) is 0 Å². The van der Waals surface area contributed by atoms with E-state index in [1.807, 2.05) is 19.2 Å². The van der Waals surface area contributed by atoms with Gasteiger partial charge in [0.05, 0.1) is 17.1 Å². The minimum absolute atomic E-state index is 0.381. The third-order valence-electron chi connectivity index (χ3n) is 2.60. The maximum Gasteiger partial charge on any atom is 0.124 e. The normalized spacial score (nSPS) is 11.6. The highest BCUT2D eigenvalue weighted by molar-refractivity contribution is 6.34. The molecule has 2 aromatic rings. The molecule has 0 saturated carbocycles. The summed E-state index contributed by atoms with van der Waals surface area (Å²) in [4.78, 5) is 4.59. The van der Waals surface area contributed by atoms with Gasteiger partial charge in [-0.3, -0.25) is 0 Å². The zero-order chi connectivity index (χ0) is 11.7. The van der Waals surface area contributed by atoms with Crippen molar-refractivity contribution in [2.45, 2.75) is 26.4 Å². The van der Waals surface area contributed by atoms with E-state index in [4.69, 9.17) is 11.6 Å². The molecule has 0 atom stereocenters. The van der Waals surface area contributed by atoms with Crippen molar-refractivity contribution in [3.05, 3.63) is 29.0 Å². The first-order valence-electron chi connectivity index (χ1n) is 5.45. The second kappa shape index (κ2) is 4.44. The van der Waals surface area contributed by atoms with Crippen LogP contribution in [-0.4, -0.2) is 16.6 Å². The summed E-state index contributed by atoms with van der Waals surface area (Å²) in [6, 6.07) is 6.29. The summed E-state index contributed by atoms with van der Waals surface area (Å²) < 4.78 is 2.22. The molecule has 0 unspecified atom stereocenters. The zero-order valence-electron chi connectivity index (χ0n) is 9.79. The van der Waals surface area contributed by atoms with Gasteiger partial charge in [-0.05, 0) is 33.0 Å². The van der Waals surface area contributed by atoms with Crippen LogP contribution in [0.15, 0.2) is 18.2 Å². The van der Waals surface area contributed by atoms with Crippen LogP contribution in [0.1, 0.15) is 25.7 Å². The maximum absolute atomic E-state index is 6.15. The molecular formula is C12H16ClN3. The first-order valence-corrected chi connectivity index (χ1v) is 5.83. The average molecular weight is 238 g/mol. The standard InChI is InChI=1S/C12H16ClN3/c1-8(2)16-10-6-4-5-9(13)12(10)15-11(16)7-14-3/h4-6,8,14H,7H2,1-3H3. The Kier molecular flexibility index (Phi) is 3.17. The molecule has 1 aromatic heterocycles. The number of hydrogen-bond donors (Lipinski definition) is 1. The predicted molar refractivity (Wildman–Crippen MR) is 67.9 cm³/mol. The Hall–Kier alpha value is -1.06. The van der Waals surface area contributed by atoms with Crippen LogP contribution in [0.25, 0.3) is 11.0 Å². The molecule has 16 heavy (non-hydrogen) atoms. The summed E-state index contributed by atoms with van der Waals surface area (Å²) in [5.41, 5.74) is 2.00. The Balaban J connectivity index is 2.70. The fourth-order valence-corrected chi connectivity index (χ4v) is 2.20. The monoisotopic (exact) mass is 237 g/mol. The molecule has 2 rings (SSSR count). The van der Waals surface area contributed by atoms with Crippen LogP contribution in [0.4, 0.5) is 0 Å². The number of fused-ring (bicyclic) bond motifs is 1. The molecule has 0 saturated heterocycles. The van der Waals surface area contributed by atoms with Crippen LogP contribution < -0.4 is 5.32 Å². The van der Waals surface area contributed by atoms with Crippen LogP contribution in [0.3, 0.4) is 0 Å². The van der Waals surface area contributed by atoms with Crippen LogP contribution >= 0.6 is 11.6 Å². The number of hydrogen-bond acceptors (Lipinski definition) is 2. The Morgan fingerprint density at radius 3 is 2.81 bits per heavy atom. The van der Waals surface area contributed by atoms with E-state index in [2.05, 4.69) is 34.8 Å². The van der Waals surface area contributed by atoms with Crippen molar-refractivity contribution < 1.29 is 0 Å². The SMILES string of the molecule is CNCc1nc2c(Cl)cccc2n1C(C)C. The van der Waals surface area contributed by atoms with E-state index in [9.17, 15) is 0 Å². The van der Waals surface area contributed by atoms with Crippen molar-refractivity contribution >= 4 is 22.6 Å². The predicted octanol–water partition coefficient (Wildman–Crippen LogP) is 2.99. The summed E-state index contributed by atoms with van der Waals surface area (Å²) in [6.45, 7) is 5.06. The number of benzene rings is 1. The molecule has 4 heteroatoms. The van der Waals surface area contributed by atoms with Gasteiger partial charge < -0.3 is 9.88 Å². The van der Waals surface area contributed by atoms with Crippen LogP contribution in [0.2, 0.25) is 5.02 Å². The van der Waals surface area contributed by atoms with Gasteiger partial charge >= 0.3 is 0 Å². The van der Waals surface area contributed by atoms with Gasteiger partial charge in [0.2, 0.25) is 0 Å². The highest BCUT2D eigenvalue weighted by Crippen LogP contribution is 2.26. The Morgan fingerprint density at radius 1 is 1.44 bits per heavy atom. The highest BCUT2D eigenvalue weighted by Gasteiger charge is 2.13. The van der Waals surface area contributed by atoms with Gasteiger partial charge in [-0.15, -0.1) is 0 Å². The third-order valence-corrected chi connectivity index (χ3v) is 2.90. The summed E-state index contributed by atoms with van der Waals surface area (Å²) in [7, 11) is 1.92. The summed E-state index contributed by atoms with van der Waals surface area (Å²) in [5.74, 6) is 1.03. The molecular weight excluding hydrogens is 222 g/mol. The second-order valence-electron chi connectivity index (χ2n) is 4.13. The van der Waals surface area contributed by atoms with Gasteiger partial charge in [-0.25, -0.2) is 4.98 Å². The number of aromatic nitrogens is 2. The van der Waals surface area contributed by atoms with Crippen molar-refractivity contribution in [3.8, 4) is 0 Å². The molecule has 0 radical (unpaired) electrons. The lowest BCUT2D eigenvalue weighted by molar-refractivity contribution is 0.570. The van der Waals surface area contributed by atoms with Crippen molar-refractivity contribution in [2.24, 2.45) is 0 Å². The van der Waals surface area contributed by atoms with E-state index >= 15 is 0 Å². The molecule has 3 nitrogen and oxygen atoms in total. The quantitative estimate of drug-likeness (QED) is 0.890. The van der Waals surface area contributed by atoms with Gasteiger partial charge in [0.25, 0.3) is 0 Å². The number of nitrogens with zero attached hydrogens (tertiary/aromatic N) is 2. The van der Waals surface area contributed by atoms with Gasteiger partial charge in [0.1, 0.15) is 11.3 Å². The molecule has 0 spiro atoms. The van der Waals surface area contributed by atoms with E-state index in [-0.39, 0.29) is 0 Å². The molecule has 1 N–H and O–H groups in total. The zero-order valence-corrected chi connectivity index (χ0v) is 10.5. The van der Waals surface area contributed by atoms with Crippen LogP contribution in [0, 0.1) is 0 Å². The molecule has 0 bridgehead atoms. The molecule has 86 valence electrons. The van der Waals surface area contributed by atoms with Crippen LogP contribution in [-0.2, 0) is 6.54 Å². The van der Waals surface area contributed by atoms with Gasteiger partial charge in [0, 0.05) is 6.04 Å². The Labute approximate surface area is 100 Å². The molecule has 0 amide bonds. The average Bonchev–Trinajstić information content (AvgIpc) is 2.58. The largest absolute Gasteiger partial charge is 0.324 e. The number of halogens is 1. The van der Waals surface area contributed by atoms with Crippen molar-refractivity contribution in [2.75, 3.05) is 7.05 Å². The Bertz CT molecular complexity index is 502. The van der Waals surface area contributed by atoms with E-state index in [1.165, 1.54) is 0 Å². The van der Waals surface area contributed by atoms with Gasteiger partial charge in [-0.1, -0.05) is 17.7 Å². The minimum Gasteiger partial charge on any atom is -0.324 e. The topological polar surface area (TPSA) is 29.9 Å². The van der Waals surface area contributed by atoms with E-state index < -0.39 is 0 Å². The molecule has 0 aliphatic heterocycles. The van der Waals surface area contributed by atoms with Gasteiger partial charge in [0.15, 0.2) is 0 Å². The fourth-order valence-electron chi connectivity index (χ4n) is 1.99. The third kappa shape index (κ3) is 1.81. The molecule has 1 aromatic carbocycles. The van der Waals surface area contributed by atoms with Crippen LogP contribution in [0.5, 0.6) is 0 Å². The van der Waals surface area contributed by atoms with E-state index in [0.29, 0.717) is 11.1 Å². The number of nitrogens with one attached hydrogen (secondary N) is 1. The molecule has 0 aliphatic carbocycles. The lowest BCUT2D eigenvalue weighted by Crippen LogP contribution is -2.13. The van der Waals surface area contributed by atoms with E-state index in [1.54, 1.807) is 0 Å². The first-order chi connectivity index (χ1) is 7.65. The first kappa shape index (κ1) is 11.4. The molecule has 0 fully saturated rings. The number of para-hydroxylation sites is 1. The minimum atomic E-state index is 0.381. The number of imidazole rings is 1. The summed E-state index contributed by atoms with van der Waals surface area (Å²) >= 11 is 6.15. The van der Waals surface area contributed by atoms with E-state index in [0.717, 1.165) is 23.4 Å². The highest BCUT2D eigenvalue weighted by atomic mass is 35.5. The Morgan fingerprint density at radius 2 is 2.19 bits per heavy atom. The fraction of sp³-hybridized carbons (Fsp3) is 0.417. The molecule has 0 aliphatic rings. The number of rotatable bonds is 3. The lowest BCUT2D eigenvalue weighted by atomic mass is 10.3. The smallest absolute Gasteiger partial charge is 0.124 e. The van der Waals surface area contributed by atoms with Crippen molar-refractivity contribution in [1.82, 2.24) is 14.9 Å². The summed E-state index contributed by atoms with van der Waals surface area (Å²) in [5, 5.41) is 3.85. The maximum atomic E-state index is 6.15. The molecule has 1 heterocycles. The van der Waals surface area contributed by atoms with Crippen molar-refractivity contribution in [1.29, 1.82) is 0 Å². The summed E-state index contributed by atoms with van der Waals surface area (Å²) in [6.07, 6.45) is 0. The second-order valence-corrected chi connectivity index (χ2v) is 4.54. The lowest BCUT2D eigenvalue weighted by Gasteiger charge is -2.12. The van der Waals surface area contributed by atoms with Crippen molar-refractivity contribution in [3.63, 3.8) is 0 Å².